The summed E-state index contributed by atoms with van der Waals surface area (Å²) < 4.78 is 0. The molecule has 0 aliphatic carbocycles. The van der Waals surface area contributed by atoms with Crippen LogP contribution in [0.1, 0.15) is 23.0 Å². The van der Waals surface area contributed by atoms with E-state index in [1.807, 2.05) is 38.2 Å². The van der Waals surface area contributed by atoms with E-state index in [9.17, 15) is 0 Å². The Bertz CT molecular complexity index is 706. The second-order valence-corrected chi connectivity index (χ2v) is 4.53. The van der Waals surface area contributed by atoms with Gasteiger partial charge in [0.25, 0.3) is 0 Å². The van der Waals surface area contributed by atoms with Gasteiger partial charge in [-0.25, -0.2) is 0 Å². The molecule has 5 nitrogen and oxygen atoms in total. The summed E-state index contributed by atoms with van der Waals surface area (Å²) in [5.74, 6) is 0.570. The second kappa shape index (κ2) is 5.06. The lowest BCUT2D eigenvalue weighted by atomic mass is 9.94. The van der Waals surface area contributed by atoms with Crippen molar-refractivity contribution in [3.05, 3.63) is 59.4 Å². The number of benzene rings is 1. The lowest BCUT2D eigenvalue weighted by molar-refractivity contribution is 0.0730. The first kappa shape index (κ1) is 12.2. The number of amidine groups is 1. The summed E-state index contributed by atoms with van der Waals surface area (Å²) in [4.78, 5) is 9.57. The van der Waals surface area contributed by atoms with Gasteiger partial charge in [0.15, 0.2) is 5.84 Å². The van der Waals surface area contributed by atoms with Gasteiger partial charge in [0.1, 0.15) is 19.6 Å². The van der Waals surface area contributed by atoms with Crippen LogP contribution in [0.25, 0.3) is 0 Å². The van der Waals surface area contributed by atoms with Crippen LogP contribution in [0.3, 0.4) is 0 Å². The average Bonchev–Trinajstić information content (AvgIpc) is 2.97. The highest BCUT2D eigenvalue weighted by molar-refractivity contribution is 6.32. The first-order chi connectivity index (χ1) is 9.76. The minimum absolute atomic E-state index is 0.303. The molecule has 1 N–H and O–H groups in total. The number of rotatable bonds is 2. The molecule has 1 aliphatic heterocycles. The van der Waals surface area contributed by atoms with Crippen molar-refractivity contribution >= 4 is 19.1 Å². The van der Waals surface area contributed by atoms with Crippen molar-refractivity contribution in [3.8, 4) is 6.07 Å². The Morgan fingerprint density at radius 2 is 2.20 bits per heavy atom. The van der Waals surface area contributed by atoms with E-state index in [-0.39, 0.29) is 6.23 Å². The van der Waals surface area contributed by atoms with Crippen LogP contribution in [0.2, 0.25) is 0 Å². The topological polar surface area (TPSA) is 70.3 Å². The fourth-order valence-electron chi connectivity index (χ4n) is 1.98. The SMILES string of the molecule is Bc1cccc(C2NC(c3ccc(C#N)cn3)=NO2)c1. The highest BCUT2D eigenvalue weighted by atomic mass is 16.7. The minimum atomic E-state index is -0.303. The normalized spacial score (nSPS) is 16.8. The van der Waals surface area contributed by atoms with E-state index < -0.39 is 0 Å². The molecule has 2 aromatic rings. The zero-order chi connectivity index (χ0) is 13.9. The van der Waals surface area contributed by atoms with E-state index in [1.165, 1.54) is 6.20 Å². The van der Waals surface area contributed by atoms with E-state index in [1.54, 1.807) is 12.1 Å². The van der Waals surface area contributed by atoms with Gasteiger partial charge in [-0.15, -0.1) is 0 Å². The van der Waals surface area contributed by atoms with Gasteiger partial charge < -0.3 is 10.2 Å². The summed E-state index contributed by atoms with van der Waals surface area (Å²) in [6.45, 7) is 0. The summed E-state index contributed by atoms with van der Waals surface area (Å²) in [7, 11) is 2.03. The third-order valence-corrected chi connectivity index (χ3v) is 3.00. The van der Waals surface area contributed by atoms with Crippen molar-refractivity contribution in [3.63, 3.8) is 0 Å². The molecule has 0 fully saturated rings. The molecule has 0 radical (unpaired) electrons. The largest absolute Gasteiger partial charge is 0.363 e. The lowest BCUT2D eigenvalue weighted by Crippen LogP contribution is -2.25. The predicted octanol–water partition coefficient (Wildman–Crippen LogP) is 0.192. The van der Waals surface area contributed by atoms with Crippen LogP contribution < -0.4 is 10.8 Å². The standard InChI is InChI=1S/C14H11BN4O/c15-11-3-1-2-10(6-11)14-18-13(19-20-14)12-5-4-9(7-16)8-17-12/h1-6,8,14H,15H2,(H,18,19). The number of nitrogens with zero attached hydrogens (tertiary/aromatic N) is 3. The fraction of sp³-hybridized carbons (Fsp3) is 0.0714. The summed E-state index contributed by atoms with van der Waals surface area (Å²) in [6.07, 6.45) is 1.21. The zero-order valence-corrected chi connectivity index (χ0v) is 10.9. The summed E-state index contributed by atoms with van der Waals surface area (Å²) in [5, 5.41) is 15.9. The van der Waals surface area contributed by atoms with Crippen molar-refractivity contribution in [2.45, 2.75) is 6.23 Å². The smallest absolute Gasteiger partial charge is 0.224 e. The number of nitrogens with one attached hydrogen (secondary N) is 1. The van der Waals surface area contributed by atoms with Gasteiger partial charge in [0, 0.05) is 11.8 Å². The molecular weight excluding hydrogens is 251 g/mol. The van der Waals surface area contributed by atoms with E-state index in [0.29, 0.717) is 17.1 Å². The molecule has 0 saturated carbocycles. The maximum atomic E-state index is 8.75. The van der Waals surface area contributed by atoms with Gasteiger partial charge in [0.2, 0.25) is 6.23 Å². The first-order valence-corrected chi connectivity index (χ1v) is 6.20. The molecule has 0 spiro atoms. The van der Waals surface area contributed by atoms with Crippen LogP contribution in [-0.4, -0.2) is 18.7 Å². The van der Waals surface area contributed by atoms with E-state index >= 15 is 0 Å². The number of pyridine rings is 1. The average molecular weight is 262 g/mol. The maximum absolute atomic E-state index is 8.75. The third-order valence-electron chi connectivity index (χ3n) is 3.00. The van der Waals surface area contributed by atoms with Gasteiger partial charge in [-0.1, -0.05) is 34.9 Å². The van der Waals surface area contributed by atoms with Crippen LogP contribution in [0.5, 0.6) is 0 Å². The van der Waals surface area contributed by atoms with Gasteiger partial charge in [-0.3, -0.25) is 4.98 Å². The molecule has 1 aliphatic rings. The quantitative estimate of drug-likeness (QED) is 0.784. The third kappa shape index (κ3) is 2.34. The fourth-order valence-corrected chi connectivity index (χ4v) is 1.98. The Balaban J connectivity index is 1.77. The molecule has 1 atom stereocenters. The molecule has 96 valence electrons. The maximum Gasteiger partial charge on any atom is 0.224 e. The Hall–Kier alpha value is -2.81. The Labute approximate surface area is 117 Å². The first-order valence-electron chi connectivity index (χ1n) is 6.20. The zero-order valence-electron chi connectivity index (χ0n) is 10.9. The highest BCUT2D eigenvalue weighted by Crippen LogP contribution is 2.19. The van der Waals surface area contributed by atoms with E-state index in [0.717, 1.165) is 11.0 Å². The van der Waals surface area contributed by atoms with Crippen LogP contribution in [0.15, 0.2) is 47.8 Å². The van der Waals surface area contributed by atoms with Crippen molar-refractivity contribution in [1.82, 2.24) is 10.3 Å². The molecule has 3 rings (SSSR count). The molecule has 2 heterocycles. The molecule has 0 bridgehead atoms. The molecule has 0 amide bonds. The Morgan fingerprint density at radius 1 is 1.30 bits per heavy atom. The van der Waals surface area contributed by atoms with Crippen LogP contribution >= 0.6 is 0 Å². The van der Waals surface area contributed by atoms with Crippen molar-refractivity contribution in [1.29, 1.82) is 5.26 Å². The number of hydrogen-bond acceptors (Lipinski definition) is 5. The van der Waals surface area contributed by atoms with Crippen molar-refractivity contribution in [2.75, 3.05) is 0 Å². The summed E-state index contributed by atoms with van der Waals surface area (Å²) in [5.41, 5.74) is 3.35. The summed E-state index contributed by atoms with van der Waals surface area (Å²) >= 11 is 0. The molecule has 20 heavy (non-hydrogen) atoms. The molecule has 1 aromatic heterocycles. The molecular formula is C14H11BN4O. The van der Waals surface area contributed by atoms with E-state index in [2.05, 4.69) is 15.5 Å². The highest BCUT2D eigenvalue weighted by Gasteiger charge is 2.23. The van der Waals surface area contributed by atoms with Crippen molar-refractivity contribution in [2.24, 2.45) is 5.16 Å². The second-order valence-electron chi connectivity index (χ2n) is 4.53. The van der Waals surface area contributed by atoms with Crippen LogP contribution in [-0.2, 0) is 4.84 Å². The Morgan fingerprint density at radius 3 is 2.90 bits per heavy atom. The van der Waals surface area contributed by atoms with Crippen molar-refractivity contribution < 1.29 is 4.84 Å². The van der Waals surface area contributed by atoms with Gasteiger partial charge in [-0.05, 0) is 12.1 Å². The Kier molecular flexibility index (Phi) is 3.09. The van der Waals surface area contributed by atoms with Gasteiger partial charge in [0.05, 0.1) is 5.56 Å². The monoisotopic (exact) mass is 262 g/mol. The number of nitriles is 1. The summed E-state index contributed by atoms with van der Waals surface area (Å²) in [6, 6.07) is 13.5. The number of hydrogen-bond donors (Lipinski definition) is 1. The minimum Gasteiger partial charge on any atom is -0.363 e. The molecule has 0 saturated heterocycles. The molecule has 6 heteroatoms. The van der Waals surface area contributed by atoms with Gasteiger partial charge >= 0.3 is 0 Å². The lowest BCUT2D eigenvalue weighted by Gasteiger charge is -2.10. The van der Waals surface area contributed by atoms with Gasteiger partial charge in [-0.2, -0.15) is 5.26 Å². The predicted molar refractivity (Wildman–Crippen MR) is 77.1 cm³/mol. The van der Waals surface area contributed by atoms with E-state index in [4.69, 9.17) is 10.1 Å². The molecule has 1 aromatic carbocycles. The number of oxime groups is 1. The molecule has 1 unspecified atom stereocenters. The number of aromatic nitrogens is 1. The van der Waals surface area contributed by atoms with Crippen LogP contribution in [0, 0.1) is 11.3 Å². The van der Waals surface area contributed by atoms with Crippen LogP contribution in [0.4, 0.5) is 0 Å².